The first-order chi connectivity index (χ1) is 14.7. The fourth-order valence-corrected chi connectivity index (χ4v) is 5.63. The van der Waals surface area contributed by atoms with Crippen LogP contribution in [0.25, 0.3) is 0 Å². The number of hydrogen-bond donors (Lipinski definition) is 3. The summed E-state index contributed by atoms with van der Waals surface area (Å²) in [6, 6.07) is 1.74. The topological polar surface area (TPSA) is 109 Å². The van der Waals surface area contributed by atoms with Crippen LogP contribution in [0.2, 0.25) is 0 Å². The van der Waals surface area contributed by atoms with Crippen LogP contribution in [0.4, 0.5) is 5.82 Å². The first kappa shape index (κ1) is 24.3. The van der Waals surface area contributed by atoms with Gasteiger partial charge in [0.05, 0.1) is 12.3 Å². The van der Waals surface area contributed by atoms with Crippen LogP contribution in [0, 0.1) is 12.3 Å². The van der Waals surface area contributed by atoms with Gasteiger partial charge in [0.25, 0.3) is 0 Å². The molecule has 0 aromatic carbocycles. The summed E-state index contributed by atoms with van der Waals surface area (Å²) >= 11 is 0. The lowest BCUT2D eigenvalue weighted by Gasteiger charge is -2.25. The molecule has 1 unspecified atom stereocenters. The van der Waals surface area contributed by atoms with Crippen molar-refractivity contribution in [3.05, 3.63) is 29.1 Å². The predicted molar refractivity (Wildman–Crippen MR) is 129 cm³/mol. The molecule has 3 rings (SSSR count). The predicted octanol–water partition coefficient (Wildman–Crippen LogP) is 5.06. The molecule has 0 fully saturated rings. The zero-order valence-corrected chi connectivity index (χ0v) is 21.2. The highest BCUT2D eigenvalue weighted by Crippen LogP contribution is 2.53. The third-order valence-corrected chi connectivity index (χ3v) is 7.35. The Balaban J connectivity index is 2.21. The summed E-state index contributed by atoms with van der Waals surface area (Å²) in [6.45, 7) is 16.6. The zero-order chi connectivity index (χ0) is 24.1. The van der Waals surface area contributed by atoms with Gasteiger partial charge in [-0.25, -0.2) is 4.98 Å². The molecule has 2 aromatic rings. The van der Waals surface area contributed by atoms with E-state index in [1.165, 1.54) is 0 Å². The van der Waals surface area contributed by atoms with E-state index in [9.17, 15) is 14.8 Å². The summed E-state index contributed by atoms with van der Waals surface area (Å²) in [5.74, 6) is 0.215. The lowest BCUT2D eigenvalue weighted by atomic mass is 9.89. The van der Waals surface area contributed by atoms with E-state index in [-0.39, 0.29) is 35.1 Å². The number of amidine groups is 1. The van der Waals surface area contributed by atoms with E-state index in [0.29, 0.717) is 23.4 Å². The lowest BCUT2D eigenvalue weighted by Crippen LogP contribution is -2.27. The van der Waals surface area contributed by atoms with Crippen molar-refractivity contribution in [2.45, 2.75) is 73.8 Å². The van der Waals surface area contributed by atoms with Crippen LogP contribution >= 0.6 is 7.52 Å². The van der Waals surface area contributed by atoms with E-state index in [2.05, 4.69) is 35.8 Å². The SMILES string of the molecule is CCOP1(=O)N=C(c2c(O)c(C(C)(C)C)n(CCC(C)(C)C)c2O)Nc2ncc(C)cc21. The van der Waals surface area contributed by atoms with Crippen LogP contribution < -0.4 is 10.6 Å². The highest BCUT2D eigenvalue weighted by molar-refractivity contribution is 7.66. The Hall–Kier alpha value is -2.31. The Morgan fingerprint density at radius 1 is 1.19 bits per heavy atom. The number of aryl methyl sites for hydroxylation is 1. The first-order valence-electron chi connectivity index (χ1n) is 10.9. The molecule has 1 atom stereocenters. The van der Waals surface area contributed by atoms with Crippen molar-refractivity contribution in [3.8, 4) is 11.6 Å². The molecule has 32 heavy (non-hydrogen) atoms. The summed E-state index contributed by atoms with van der Waals surface area (Å²) in [4.78, 5) is 4.36. The maximum Gasteiger partial charge on any atom is 0.350 e. The van der Waals surface area contributed by atoms with Crippen molar-refractivity contribution >= 4 is 24.5 Å². The van der Waals surface area contributed by atoms with Gasteiger partial charge in [-0.2, -0.15) is 4.76 Å². The van der Waals surface area contributed by atoms with Gasteiger partial charge in [0.15, 0.2) is 11.6 Å². The minimum Gasteiger partial charge on any atom is -0.505 e. The molecular weight excluding hydrogens is 427 g/mol. The van der Waals surface area contributed by atoms with Gasteiger partial charge >= 0.3 is 7.52 Å². The van der Waals surface area contributed by atoms with Gasteiger partial charge in [0.1, 0.15) is 16.7 Å². The van der Waals surface area contributed by atoms with Crippen LogP contribution in [0.1, 0.15) is 71.7 Å². The number of aromatic hydroxyl groups is 2. The summed E-state index contributed by atoms with van der Waals surface area (Å²) in [7, 11) is -3.65. The molecular formula is C23H35N4O4P. The Labute approximate surface area is 190 Å². The number of fused-ring (bicyclic) bond motifs is 1. The van der Waals surface area contributed by atoms with Crippen LogP contribution in [-0.4, -0.2) is 32.2 Å². The minimum atomic E-state index is -3.65. The molecule has 0 saturated carbocycles. The quantitative estimate of drug-likeness (QED) is 0.536. The number of pyridine rings is 1. The number of nitrogens with zero attached hydrogens (tertiary/aromatic N) is 3. The molecule has 0 saturated heterocycles. The van der Waals surface area contributed by atoms with E-state index in [1.54, 1.807) is 23.8 Å². The molecule has 0 spiro atoms. The second kappa shape index (κ2) is 8.23. The second-order valence-corrected chi connectivity index (χ2v) is 12.5. The third kappa shape index (κ3) is 4.57. The van der Waals surface area contributed by atoms with E-state index in [1.807, 2.05) is 27.7 Å². The number of hydrogen-bond acceptors (Lipinski definition) is 6. The van der Waals surface area contributed by atoms with Crippen molar-refractivity contribution in [1.29, 1.82) is 0 Å². The summed E-state index contributed by atoms with van der Waals surface area (Å²) in [5, 5.41) is 25.9. The summed E-state index contributed by atoms with van der Waals surface area (Å²) in [6.07, 6.45) is 2.44. The average Bonchev–Trinajstić information content (AvgIpc) is 2.90. The number of aromatic nitrogens is 2. The summed E-state index contributed by atoms with van der Waals surface area (Å²) < 4.78 is 25.4. The van der Waals surface area contributed by atoms with Crippen molar-refractivity contribution < 1.29 is 19.3 Å². The molecule has 3 heterocycles. The fraction of sp³-hybridized carbons (Fsp3) is 0.565. The Morgan fingerprint density at radius 2 is 1.84 bits per heavy atom. The largest absolute Gasteiger partial charge is 0.505 e. The molecule has 1 aliphatic heterocycles. The molecule has 0 radical (unpaired) electrons. The standard InChI is InChI=1S/C23H35N4O4P/c1-9-31-32(30)15-12-14(2)13-24-19(15)25-20(26-32)16-17(28)18(23(6,7)8)27(21(16)29)11-10-22(3,4)5/h12-13,28-29H,9-11H2,1-8H3,(H,24,25,26,30). The van der Waals surface area contributed by atoms with E-state index < -0.39 is 12.9 Å². The molecule has 3 N–H and O–H groups in total. The van der Waals surface area contributed by atoms with Gasteiger partial charge in [-0.05, 0) is 37.3 Å². The smallest absolute Gasteiger partial charge is 0.350 e. The molecule has 2 aromatic heterocycles. The van der Waals surface area contributed by atoms with Crippen LogP contribution in [0.5, 0.6) is 11.6 Å². The van der Waals surface area contributed by atoms with E-state index in [0.717, 1.165) is 12.0 Å². The first-order valence-corrected chi connectivity index (χ1v) is 12.5. The molecule has 176 valence electrons. The van der Waals surface area contributed by atoms with Crippen LogP contribution in [0.3, 0.4) is 0 Å². The molecule has 0 amide bonds. The van der Waals surface area contributed by atoms with Gasteiger partial charge in [-0.15, -0.1) is 0 Å². The highest BCUT2D eigenvalue weighted by atomic mass is 31.2. The van der Waals surface area contributed by atoms with Crippen LogP contribution in [-0.2, 0) is 21.0 Å². The Kier molecular flexibility index (Phi) is 6.26. The number of nitrogens with one attached hydrogen (secondary N) is 1. The van der Waals surface area contributed by atoms with Crippen molar-refractivity contribution in [2.75, 3.05) is 11.9 Å². The van der Waals surface area contributed by atoms with Crippen molar-refractivity contribution in [1.82, 2.24) is 9.55 Å². The Bertz CT molecular complexity index is 1110. The molecule has 0 bridgehead atoms. The van der Waals surface area contributed by atoms with Crippen molar-refractivity contribution in [2.24, 2.45) is 10.2 Å². The highest BCUT2D eigenvalue weighted by Gasteiger charge is 2.39. The fourth-order valence-electron chi connectivity index (χ4n) is 3.81. The average molecular weight is 463 g/mol. The van der Waals surface area contributed by atoms with Gasteiger partial charge in [-0.3, -0.25) is 4.57 Å². The molecule has 1 aliphatic rings. The second-order valence-electron chi connectivity index (χ2n) is 10.5. The number of anilines is 1. The zero-order valence-electron chi connectivity index (χ0n) is 20.3. The van der Waals surface area contributed by atoms with Crippen LogP contribution in [0.15, 0.2) is 17.0 Å². The lowest BCUT2D eigenvalue weighted by molar-refractivity contribution is 0.319. The van der Waals surface area contributed by atoms with Crippen molar-refractivity contribution in [3.63, 3.8) is 0 Å². The maximum absolute atomic E-state index is 13.7. The van der Waals surface area contributed by atoms with Gasteiger partial charge in [0.2, 0.25) is 5.88 Å². The maximum atomic E-state index is 13.7. The normalized spacial score (nSPS) is 18.8. The monoisotopic (exact) mass is 462 g/mol. The van der Waals surface area contributed by atoms with Gasteiger partial charge < -0.3 is 24.6 Å². The van der Waals surface area contributed by atoms with Gasteiger partial charge in [0, 0.05) is 18.2 Å². The number of rotatable bonds is 5. The van der Waals surface area contributed by atoms with E-state index >= 15 is 0 Å². The minimum absolute atomic E-state index is 0.0354. The molecule has 9 heteroatoms. The van der Waals surface area contributed by atoms with Gasteiger partial charge in [-0.1, -0.05) is 41.5 Å². The Morgan fingerprint density at radius 3 is 2.41 bits per heavy atom. The third-order valence-electron chi connectivity index (χ3n) is 5.32. The van der Waals surface area contributed by atoms with E-state index in [4.69, 9.17) is 4.52 Å². The molecule has 0 aliphatic carbocycles. The summed E-state index contributed by atoms with van der Waals surface area (Å²) in [5.41, 5.74) is 1.11. The molecule has 8 nitrogen and oxygen atoms in total.